The molecular weight excluding hydrogens is 578 g/mol. The Morgan fingerprint density at radius 3 is 2.55 bits per heavy atom. The zero-order chi connectivity index (χ0) is 28.2. The zero-order valence-corrected chi connectivity index (χ0v) is 24.4. The molecule has 5 heterocycles. The van der Waals surface area contributed by atoms with Crippen LogP contribution in [0.3, 0.4) is 0 Å². The van der Waals surface area contributed by atoms with E-state index in [1.54, 1.807) is 18.5 Å². The number of hydrogen-bond acceptors (Lipinski definition) is 10. The number of fused-ring (bicyclic) bond motifs is 1. The molecule has 15 heteroatoms. The lowest BCUT2D eigenvalue weighted by molar-refractivity contribution is 0.149. The minimum absolute atomic E-state index is 0.109. The van der Waals surface area contributed by atoms with Crippen LogP contribution >= 0.6 is 22.7 Å². The highest BCUT2D eigenvalue weighted by Crippen LogP contribution is 2.34. The molecule has 0 aliphatic carbocycles. The molecule has 2 aliphatic rings. The zero-order valence-electron chi connectivity index (χ0n) is 21.9. The number of aromatic hydroxyl groups is 1. The number of hydrogen-bond donors (Lipinski definition) is 1. The summed E-state index contributed by atoms with van der Waals surface area (Å²) in [5, 5.41) is 11.1. The number of piperazine rings is 1. The van der Waals surface area contributed by atoms with E-state index in [1.165, 1.54) is 54.9 Å². The average Bonchev–Trinajstić information content (AvgIpc) is 3.62. The molecule has 0 bridgehead atoms. The van der Waals surface area contributed by atoms with Gasteiger partial charge in [-0.2, -0.15) is 12.7 Å². The van der Waals surface area contributed by atoms with Crippen molar-refractivity contribution in [2.24, 2.45) is 0 Å². The summed E-state index contributed by atoms with van der Waals surface area (Å²) in [5.74, 6) is -1.00. The molecular formula is C25H28FN7O4S3. The Morgan fingerprint density at radius 2 is 1.82 bits per heavy atom. The maximum atomic E-state index is 14.2. The van der Waals surface area contributed by atoms with Crippen molar-refractivity contribution in [2.45, 2.75) is 13.0 Å². The Morgan fingerprint density at radius 1 is 1.05 bits per heavy atom. The van der Waals surface area contributed by atoms with E-state index in [0.717, 1.165) is 35.9 Å². The summed E-state index contributed by atoms with van der Waals surface area (Å²) < 4.78 is 43.5. The molecule has 0 atom stereocenters. The van der Waals surface area contributed by atoms with E-state index in [0.29, 0.717) is 35.0 Å². The highest BCUT2D eigenvalue weighted by Gasteiger charge is 2.35. The van der Waals surface area contributed by atoms with E-state index < -0.39 is 27.3 Å². The first-order valence-corrected chi connectivity index (χ1v) is 15.8. The number of anilines is 1. The Labute approximate surface area is 238 Å². The number of likely N-dealkylation sites (N-methyl/N-ethyl adjacent to an activating group) is 2. The van der Waals surface area contributed by atoms with Crippen LogP contribution in [0.25, 0.3) is 15.7 Å². The molecule has 212 valence electrons. The summed E-state index contributed by atoms with van der Waals surface area (Å²) in [7, 11) is -0.133. The smallest absolute Gasteiger partial charge is 0.303 e. The number of benzene rings is 1. The SMILES string of the molecule is CN1CCN(Cc2cn3c(=O)c(O)c(-c4ncc(Cc5ccc(F)cc5N5CCN(C)S5(=O)=O)s4)nc3s2)CC1. The molecule has 11 nitrogen and oxygen atoms in total. The standard InChI is InChI=1S/C25H28FN7O4S3/c1-29-5-8-31(9-6-29)14-19-15-32-24(35)22(34)21(28-25(32)39-19)23-27-13-18(38-23)11-16-3-4-17(26)12-20(16)33-10-7-30(2)40(33,36)37/h3-4,12-13,15,34H,5-11,14H2,1-2H3. The number of rotatable bonds is 6. The van der Waals surface area contributed by atoms with Crippen LogP contribution in [0.1, 0.15) is 15.3 Å². The van der Waals surface area contributed by atoms with Gasteiger partial charge in [0, 0.05) is 81.4 Å². The molecule has 2 fully saturated rings. The van der Waals surface area contributed by atoms with Gasteiger partial charge in [-0.05, 0) is 24.7 Å². The second-order valence-corrected chi connectivity index (χ2v) is 14.2. The first-order chi connectivity index (χ1) is 19.1. The second kappa shape index (κ2) is 10.5. The first-order valence-electron chi connectivity index (χ1n) is 12.7. The lowest BCUT2D eigenvalue weighted by atomic mass is 10.1. The summed E-state index contributed by atoms with van der Waals surface area (Å²) in [5.41, 5.74) is 0.459. The van der Waals surface area contributed by atoms with Gasteiger partial charge in [0.05, 0.1) is 5.69 Å². The van der Waals surface area contributed by atoms with Crippen molar-refractivity contribution in [1.29, 1.82) is 0 Å². The van der Waals surface area contributed by atoms with Gasteiger partial charge < -0.3 is 10.0 Å². The van der Waals surface area contributed by atoms with Crippen LogP contribution in [0.5, 0.6) is 5.75 Å². The van der Waals surface area contributed by atoms with E-state index in [1.807, 2.05) is 0 Å². The molecule has 2 aliphatic heterocycles. The number of thiazole rings is 2. The summed E-state index contributed by atoms with van der Waals surface area (Å²) in [6.45, 7) is 5.12. The third kappa shape index (κ3) is 5.01. The largest absolute Gasteiger partial charge is 0.501 e. The summed E-state index contributed by atoms with van der Waals surface area (Å²) >= 11 is 2.65. The Balaban J connectivity index is 1.28. The normalized spacial score (nSPS) is 18.7. The van der Waals surface area contributed by atoms with E-state index >= 15 is 0 Å². The Hall–Kier alpha value is -2.95. The van der Waals surface area contributed by atoms with Crippen molar-refractivity contribution in [2.75, 3.05) is 57.7 Å². The molecule has 0 spiro atoms. The molecule has 4 aromatic rings. The summed E-state index contributed by atoms with van der Waals surface area (Å²) in [6.07, 6.45) is 3.64. The third-order valence-electron chi connectivity index (χ3n) is 7.26. The van der Waals surface area contributed by atoms with Crippen LogP contribution in [-0.2, 0) is 23.2 Å². The van der Waals surface area contributed by atoms with E-state index in [4.69, 9.17) is 0 Å². The highest BCUT2D eigenvalue weighted by atomic mass is 32.2. The lowest BCUT2D eigenvalue weighted by Crippen LogP contribution is -2.43. The number of halogens is 1. The Kier molecular flexibility index (Phi) is 7.13. The Bertz CT molecular complexity index is 1740. The molecule has 1 aromatic carbocycles. The molecule has 0 saturated carbocycles. The van der Waals surface area contributed by atoms with Crippen LogP contribution in [0.4, 0.5) is 10.1 Å². The molecule has 0 amide bonds. The van der Waals surface area contributed by atoms with Gasteiger partial charge in [0.1, 0.15) is 16.5 Å². The third-order valence-corrected chi connectivity index (χ3v) is 11.1. The fourth-order valence-electron chi connectivity index (χ4n) is 4.91. The monoisotopic (exact) mass is 605 g/mol. The van der Waals surface area contributed by atoms with Gasteiger partial charge in [-0.15, -0.1) is 11.3 Å². The number of nitrogens with zero attached hydrogens (tertiary/aromatic N) is 7. The van der Waals surface area contributed by atoms with Gasteiger partial charge >= 0.3 is 15.8 Å². The van der Waals surface area contributed by atoms with Gasteiger partial charge in [0.15, 0.2) is 4.96 Å². The minimum atomic E-state index is -3.73. The van der Waals surface area contributed by atoms with Crippen molar-refractivity contribution in [1.82, 2.24) is 28.5 Å². The maximum Gasteiger partial charge on any atom is 0.303 e. The van der Waals surface area contributed by atoms with Crippen LogP contribution in [-0.4, -0.2) is 95.4 Å². The molecule has 6 rings (SSSR count). The predicted octanol–water partition coefficient (Wildman–Crippen LogP) is 2.06. The van der Waals surface area contributed by atoms with E-state index in [-0.39, 0.29) is 17.9 Å². The number of aromatic nitrogens is 3. The molecule has 0 unspecified atom stereocenters. The van der Waals surface area contributed by atoms with Crippen molar-refractivity contribution in [3.8, 4) is 16.5 Å². The van der Waals surface area contributed by atoms with E-state index in [9.17, 15) is 22.7 Å². The second-order valence-electron chi connectivity index (χ2n) is 10.0. The van der Waals surface area contributed by atoms with Crippen LogP contribution < -0.4 is 9.86 Å². The van der Waals surface area contributed by atoms with Gasteiger partial charge in [0.25, 0.3) is 0 Å². The van der Waals surface area contributed by atoms with Crippen molar-refractivity contribution >= 4 is 43.5 Å². The minimum Gasteiger partial charge on any atom is -0.501 e. The topological polar surface area (TPSA) is 115 Å². The lowest BCUT2D eigenvalue weighted by Gasteiger charge is -2.31. The quantitative estimate of drug-likeness (QED) is 0.355. The van der Waals surface area contributed by atoms with E-state index in [2.05, 4.69) is 26.8 Å². The molecule has 3 aromatic heterocycles. The molecule has 1 N–H and O–H groups in total. The summed E-state index contributed by atoms with van der Waals surface area (Å²) in [4.78, 5) is 28.8. The van der Waals surface area contributed by atoms with Gasteiger partial charge in [0.2, 0.25) is 5.75 Å². The fourth-order valence-corrected chi connectivity index (χ4v) is 8.22. The molecule has 40 heavy (non-hydrogen) atoms. The van der Waals surface area contributed by atoms with Crippen LogP contribution in [0.15, 0.2) is 35.4 Å². The fraction of sp³-hybridized carbons (Fsp3) is 0.400. The van der Waals surface area contributed by atoms with Crippen LogP contribution in [0, 0.1) is 5.82 Å². The van der Waals surface area contributed by atoms with Crippen LogP contribution in [0.2, 0.25) is 0 Å². The molecule has 0 radical (unpaired) electrons. The van der Waals surface area contributed by atoms with Crippen molar-refractivity contribution < 1.29 is 17.9 Å². The summed E-state index contributed by atoms with van der Waals surface area (Å²) in [6, 6.07) is 4.10. The van der Waals surface area contributed by atoms with Crippen molar-refractivity contribution in [3.05, 3.63) is 62.1 Å². The predicted molar refractivity (Wildman–Crippen MR) is 153 cm³/mol. The first kappa shape index (κ1) is 27.2. The van der Waals surface area contributed by atoms with Gasteiger partial charge in [-0.25, -0.2) is 14.4 Å². The molecule has 2 saturated heterocycles. The average molecular weight is 606 g/mol. The van der Waals surface area contributed by atoms with Gasteiger partial charge in [-0.1, -0.05) is 17.4 Å². The maximum absolute atomic E-state index is 14.2. The van der Waals surface area contributed by atoms with Gasteiger partial charge in [-0.3, -0.25) is 18.4 Å². The van der Waals surface area contributed by atoms with Crippen molar-refractivity contribution in [3.63, 3.8) is 0 Å². The highest BCUT2D eigenvalue weighted by molar-refractivity contribution is 7.90.